The molecular formula is C19H21N3OS2. The smallest absolute Gasteiger partial charge is 0.191 e. The van der Waals surface area contributed by atoms with Gasteiger partial charge in [-0.2, -0.15) is 0 Å². The summed E-state index contributed by atoms with van der Waals surface area (Å²) >= 11 is 3.59. The first-order valence-electron chi connectivity index (χ1n) is 8.51. The van der Waals surface area contributed by atoms with Crippen molar-refractivity contribution < 1.29 is 4.74 Å². The minimum atomic E-state index is 0.852. The van der Waals surface area contributed by atoms with Crippen molar-refractivity contribution in [3.05, 3.63) is 45.6 Å². The van der Waals surface area contributed by atoms with Gasteiger partial charge in [0.15, 0.2) is 11.0 Å². The summed E-state index contributed by atoms with van der Waals surface area (Å²) in [7, 11) is 3.76. The zero-order valence-corrected chi connectivity index (χ0v) is 16.1. The van der Waals surface area contributed by atoms with Crippen LogP contribution in [-0.2, 0) is 25.6 Å². The molecule has 2 aromatic heterocycles. The number of thiophene rings is 1. The molecule has 2 heterocycles. The Hall–Kier alpha value is -1.79. The van der Waals surface area contributed by atoms with Crippen molar-refractivity contribution >= 4 is 23.1 Å². The second-order valence-electron chi connectivity index (χ2n) is 6.26. The third kappa shape index (κ3) is 3.33. The maximum atomic E-state index is 5.30. The van der Waals surface area contributed by atoms with Gasteiger partial charge in [-0.15, -0.1) is 21.5 Å². The van der Waals surface area contributed by atoms with Gasteiger partial charge in [-0.1, -0.05) is 23.9 Å². The van der Waals surface area contributed by atoms with E-state index in [0.717, 1.165) is 22.5 Å². The topological polar surface area (TPSA) is 39.9 Å². The van der Waals surface area contributed by atoms with Crippen LogP contribution < -0.4 is 4.74 Å². The molecule has 4 rings (SSSR count). The molecule has 1 aliphatic rings. The van der Waals surface area contributed by atoms with Crippen molar-refractivity contribution in [3.8, 4) is 17.1 Å². The Morgan fingerprint density at radius 2 is 2.12 bits per heavy atom. The number of ether oxygens (including phenoxy) is 1. The summed E-state index contributed by atoms with van der Waals surface area (Å²) in [6, 6.07) is 8.17. The lowest BCUT2D eigenvalue weighted by Crippen LogP contribution is -2.02. The summed E-state index contributed by atoms with van der Waals surface area (Å²) in [6.07, 6.45) is 4.99. The number of aromatic nitrogens is 3. The molecule has 0 saturated heterocycles. The fraction of sp³-hybridized carbons (Fsp3) is 0.368. The molecule has 0 atom stereocenters. The highest BCUT2D eigenvalue weighted by Crippen LogP contribution is 2.36. The second kappa shape index (κ2) is 7.22. The monoisotopic (exact) mass is 371 g/mol. The lowest BCUT2D eigenvalue weighted by atomic mass is 9.96. The Morgan fingerprint density at radius 3 is 3.00 bits per heavy atom. The van der Waals surface area contributed by atoms with Gasteiger partial charge in [-0.25, -0.2) is 0 Å². The van der Waals surface area contributed by atoms with Crippen LogP contribution in [0.2, 0.25) is 0 Å². The fourth-order valence-electron chi connectivity index (χ4n) is 3.27. The van der Waals surface area contributed by atoms with Crippen LogP contribution in [0, 0.1) is 0 Å². The largest absolute Gasteiger partial charge is 0.497 e. The molecule has 1 aliphatic carbocycles. The van der Waals surface area contributed by atoms with Gasteiger partial charge < -0.3 is 9.30 Å². The van der Waals surface area contributed by atoms with E-state index in [0.29, 0.717) is 0 Å². The zero-order valence-electron chi connectivity index (χ0n) is 14.5. The Kier molecular flexibility index (Phi) is 4.81. The molecule has 3 aromatic rings. The van der Waals surface area contributed by atoms with E-state index in [-0.39, 0.29) is 0 Å². The van der Waals surface area contributed by atoms with Crippen molar-refractivity contribution in [1.29, 1.82) is 0 Å². The third-order valence-electron chi connectivity index (χ3n) is 4.64. The highest BCUT2D eigenvalue weighted by Gasteiger charge is 2.20. The normalized spacial score (nSPS) is 13.7. The van der Waals surface area contributed by atoms with Crippen molar-refractivity contribution in [3.63, 3.8) is 0 Å². The predicted molar refractivity (Wildman–Crippen MR) is 104 cm³/mol. The predicted octanol–water partition coefficient (Wildman–Crippen LogP) is 4.72. The minimum absolute atomic E-state index is 0.852. The van der Waals surface area contributed by atoms with Crippen LogP contribution in [0.5, 0.6) is 5.75 Å². The van der Waals surface area contributed by atoms with Crippen molar-refractivity contribution in [2.75, 3.05) is 7.11 Å². The van der Waals surface area contributed by atoms with Gasteiger partial charge in [-0.05, 0) is 48.9 Å². The van der Waals surface area contributed by atoms with Crippen molar-refractivity contribution in [1.82, 2.24) is 14.8 Å². The Morgan fingerprint density at radius 1 is 1.24 bits per heavy atom. The van der Waals surface area contributed by atoms with E-state index < -0.39 is 0 Å². The number of hydrogen-bond acceptors (Lipinski definition) is 5. The van der Waals surface area contributed by atoms with Crippen LogP contribution in [-0.4, -0.2) is 21.9 Å². The van der Waals surface area contributed by atoms with Crippen molar-refractivity contribution in [2.45, 2.75) is 36.6 Å². The van der Waals surface area contributed by atoms with Crippen LogP contribution >= 0.6 is 23.1 Å². The SMILES string of the molecule is COc1cccc(CSc2nnc(-c3csc4c3CCCC4)n2C)c1. The summed E-state index contributed by atoms with van der Waals surface area (Å²) in [5.41, 5.74) is 4.00. The van der Waals surface area contributed by atoms with Crippen LogP contribution in [0.15, 0.2) is 34.8 Å². The van der Waals surface area contributed by atoms with Crippen LogP contribution in [0.3, 0.4) is 0 Å². The molecule has 0 bridgehead atoms. The molecule has 0 N–H and O–H groups in total. The highest BCUT2D eigenvalue weighted by molar-refractivity contribution is 7.98. The average molecular weight is 372 g/mol. The zero-order chi connectivity index (χ0) is 17.2. The van der Waals surface area contributed by atoms with Crippen LogP contribution in [0.1, 0.15) is 28.8 Å². The average Bonchev–Trinajstić information content (AvgIpc) is 3.23. The number of benzene rings is 1. The van der Waals surface area contributed by atoms with Gasteiger partial charge in [0.1, 0.15) is 5.75 Å². The van der Waals surface area contributed by atoms with E-state index in [1.165, 1.54) is 47.3 Å². The summed E-state index contributed by atoms with van der Waals surface area (Å²) in [5.74, 6) is 2.74. The molecule has 0 saturated carbocycles. The highest BCUT2D eigenvalue weighted by atomic mass is 32.2. The molecule has 6 heteroatoms. The number of methoxy groups -OCH3 is 1. The quantitative estimate of drug-likeness (QED) is 0.608. The molecular weight excluding hydrogens is 350 g/mol. The summed E-state index contributed by atoms with van der Waals surface area (Å²) < 4.78 is 7.42. The number of nitrogens with zero attached hydrogens (tertiary/aromatic N) is 3. The first-order valence-corrected chi connectivity index (χ1v) is 10.4. The van der Waals surface area contributed by atoms with E-state index in [1.807, 2.05) is 23.5 Å². The molecule has 1 aromatic carbocycles. The van der Waals surface area contributed by atoms with Gasteiger partial charge in [0.25, 0.3) is 0 Å². The fourth-order valence-corrected chi connectivity index (χ4v) is 5.24. The molecule has 130 valence electrons. The number of hydrogen-bond donors (Lipinski definition) is 0. The molecule has 4 nitrogen and oxygen atoms in total. The Bertz CT molecular complexity index is 885. The van der Waals surface area contributed by atoms with E-state index in [2.05, 4.69) is 39.3 Å². The molecule has 0 radical (unpaired) electrons. The minimum Gasteiger partial charge on any atom is -0.497 e. The number of aryl methyl sites for hydroxylation is 1. The van der Waals surface area contributed by atoms with Gasteiger partial charge in [-0.3, -0.25) is 0 Å². The molecule has 0 spiro atoms. The Balaban J connectivity index is 1.54. The maximum Gasteiger partial charge on any atom is 0.191 e. The summed E-state index contributed by atoms with van der Waals surface area (Å²) in [6.45, 7) is 0. The van der Waals surface area contributed by atoms with E-state index in [9.17, 15) is 0 Å². The first kappa shape index (κ1) is 16.7. The Labute approximate surface area is 156 Å². The second-order valence-corrected chi connectivity index (χ2v) is 8.17. The van der Waals surface area contributed by atoms with Gasteiger partial charge in [0, 0.05) is 28.6 Å². The van der Waals surface area contributed by atoms with Crippen LogP contribution in [0.25, 0.3) is 11.4 Å². The molecule has 0 fully saturated rings. The van der Waals surface area contributed by atoms with E-state index in [4.69, 9.17) is 4.74 Å². The van der Waals surface area contributed by atoms with E-state index >= 15 is 0 Å². The molecule has 0 amide bonds. The van der Waals surface area contributed by atoms with Gasteiger partial charge >= 0.3 is 0 Å². The summed E-state index contributed by atoms with van der Waals surface area (Å²) in [5, 5.41) is 12.1. The summed E-state index contributed by atoms with van der Waals surface area (Å²) in [4.78, 5) is 1.54. The van der Waals surface area contributed by atoms with Crippen LogP contribution in [0.4, 0.5) is 0 Å². The third-order valence-corrected chi connectivity index (χ3v) is 6.82. The van der Waals surface area contributed by atoms with Gasteiger partial charge in [0.05, 0.1) is 7.11 Å². The van der Waals surface area contributed by atoms with Crippen molar-refractivity contribution in [2.24, 2.45) is 7.05 Å². The molecule has 0 unspecified atom stereocenters. The first-order chi connectivity index (χ1) is 12.3. The molecule has 0 aliphatic heterocycles. The lowest BCUT2D eigenvalue weighted by Gasteiger charge is -2.12. The number of rotatable bonds is 5. The van der Waals surface area contributed by atoms with E-state index in [1.54, 1.807) is 18.9 Å². The lowest BCUT2D eigenvalue weighted by molar-refractivity contribution is 0.414. The molecule has 25 heavy (non-hydrogen) atoms. The van der Waals surface area contributed by atoms with Gasteiger partial charge in [0.2, 0.25) is 0 Å². The number of fused-ring (bicyclic) bond motifs is 1. The number of thioether (sulfide) groups is 1. The standard InChI is InChI=1S/C19H21N3OS2/c1-22-18(16-12-24-17-9-4-3-8-15(16)17)20-21-19(22)25-11-13-6-5-7-14(10-13)23-2/h5-7,10,12H,3-4,8-9,11H2,1-2H3. The maximum absolute atomic E-state index is 5.30.